The fourth-order valence-electron chi connectivity index (χ4n) is 2.18. The average Bonchev–Trinajstić information content (AvgIpc) is 2.44. The van der Waals surface area contributed by atoms with Gasteiger partial charge in [-0.1, -0.05) is 13.8 Å². The number of ether oxygens (including phenoxy) is 1. The zero-order valence-electron chi connectivity index (χ0n) is 7.59. The molecule has 0 radical (unpaired) electrons. The van der Waals surface area contributed by atoms with E-state index in [2.05, 4.69) is 13.8 Å². The van der Waals surface area contributed by atoms with Crippen LogP contribution >= 0.6 is 0 Å². The van der Waals surface area contributed by atoms with Crippen LogP contribution in [0.5, 0.6) is 0 Å². The van der Waals surface area contributed by atoms with E-state index >= 15 is 0 Å². The van der Waals surface area contributed by atoms with Crippen molar-refractivity contribution < 1.29 is 9.53 Å². The third-order valence-corrected chi connectivity index (χ3v) is 2.69. The van der Waals surface area contributed by atoms with Gasteiger partial charge in [0.1, 0.15) is 6.10 Å². The predicted octanol–water partition coefficient (Wildman–Crippen LogP) is 2.05. The maximum atomic E-state index is 11.3. The Balaban J connectivity index is 2.36. The second kappa shape index (κ2) is 2.61. The molecule has 0 spiro atoms. The summed E-state index contributed by atoms with van der Waals surface area (Å²) in [6.07, 6.45) is 3.44. The van der Waals surface area contributed by atoms with Gasteiger partial charge in [-0.05, 0) is 30.8 Å². The van der Waals surface area contributed by atoms with Crippen molar-refractivity contribution in [2.24, 2.45) is 5.92 Å². The van der Waals surface area contributed by atoms with Crippen LogP contribution in [-0.2, 0) is 9.53 Å². The van der Waals surface area contributed by atoms with E-state index in [1.165, 1.54) is 12.0 Å². The molecule has 2 nitrogen and oxygen atoms in total. The van der Waals surface area contributed by atoms with Gasteiger partial charge in [-0.25, -0.2) is 4.79 Å². The molecule has 0 N–H and O–H groups in total. The highest BCUT2D eigenvalue weighted by Crippen LogP contribution is 2.38. The van der Waals surface area contributed by atoms with Gasteiger partial charge in [0.2, 0.25) is 0 Å². The van der Waals surface area contributed by atoms with Crippen molar-refractivity contribution in [2.75, 3.05) is 0 Å². The van der Waals surface area contributed by atoms with Crippen LogP contribution < -0.4 is 0 Å². The Morgan fingerprint density at radius 2 is 2.25 bits per heavy atom. The van der Waals surface area contributed by atoms with Crippen molar-refractivity contribution in [2.45, 2.75) is 39.2 Å². The molecule has 0 aromatic heterocycles. The Labute approximate surface area is 72.6 Å². The molecule has 1 unspecified atom stereocenters. The minimum atomic E-state index is -0.0651. The van der Waals surface area contributed by atoms with Crippen molar-refractivity contribution in [1.29, 1.82) is 0 Å². The van der Waals surface area contributed by atoms with Crippen LogP contribution in [0.1, 0.15) is 33.1 Å². The summed E-state index contributed by atoms with van der Waals surface area (Å²) in [6, 6.07) is 0. The minimum Gasteiger partial charge on any atom is -0.454 e. The molecule has 2 heteroatoms. The normalized spacial score (nSPS) is 28.2. The smallest absolute Gasteiger partial charge is 0.334 e. The number of esters is 1. The molecule has 1 aliphatic heterocycles. The molecule has 0 aromatic rings. The fraction of sp³-hybridized carbons (Fsp3) is 0.700. The van der Waals surface area contributed by atoms with Crippen molar-refractivity contribution in [3.63, 3.8) is 0 Å². The van der Waals surface area contributed by atoms with Crippen molar-refractivity contribution in [1.82, 2.24) is 0 Å². The summed E-state index contributed by atoms with van der Waals surface area (Å²) in [6.45, 7) is 4.12. The Morgan fingerprint density at radius 3 is 2.92 bits per heavy atom. The minimum absolute atomic E-state index is 0.0651. The van der Waals surface area contributed by atoms with Gasteiger partial charge in [0, 0.05) is 5.57 Å². The molecule has 1 heterocycles. The molecule has 12 heavy (non-hydrogen) atoms. The molecule has 66 valence electrons. The quantitative estimate of drug-likeness (QED) is 0.557. The standard InChI is InChI=1S/C10H14O2/c1-6(2)9-7-4-3-5-8(7)12-10(9)11/h6,8H,3-5H2,1-2H3. The molecule has 0 aromatic carbocycles. The molecular formula is C10H14O2. The van der Waals surface area contributed by atoms with E-state index in [1.807, 2.05) is 0 Å². The predicted molar refractivity (Wildman–Crippen MR) is 45.6 cm³/mol. The molecule has 0 saturated heterocycles. The molecule has 2 aliphatic rings. The zero-order chi connectivity index (χ0) is 8.72. The third kappa shape index (κ3) is 0.977. The number of hydrogen-bond acceptors (Lipinski definition) is 2. The zero-order valence-corrected chi connectivity index (χ0v) is 7.59. The summed E-state index contributed by atoms with van der Waals surface area (Å²) in [5.74, 6) is 0.264. The largest absolute Gasteiger partial charge is 0.454 e. The van der Waals surface area contributed by atoms with E-state index < -0.39 is 0 Å². The van der Waals surface area contributed by atoms with Gasteiger partial charge >= 0.3 is 5.97 Å². The van der Waals surface area contributed by atoms with E-state index in [-0.39, 0.29) is 12.1 Å². The first-order valence-corrected chi connectivity index (χ1v) is 4.64. The van der Waals surface area contributed by atoms with Gasteiger partial charge < -0.3 is 4.74 Å². The SMILES string of the molecule is CC(C)C1=C2CCCC2OC1=O. The van der Waals surface area contributed by atoms with E-state index in [4.69, 9.17) is 4.74 Å². The number of rotatable bonds is 1. The van der Waals surface area contributed by atoms with Gasteiger partial charge in [-0.3, -0.25) is 0 Å². The van der Waals surface area contributed by atoms with Crippen LogP contribution in [-0.4, -0.2) is 12.1 Å². The highest BCUT2D eigenvalue weighted by molar-refractivity contribution is 5.92. The first-order chi connectivity index (χ1) is 5.70. The molecule has 0 bridgehead atoms. The fourth-order valence-corrected chi connectivity index (χ4v) is 2.18. The topological polar surface area (TPSA) is 26.3 Å². The molecule has 0 amide bonds. The molecule has 1 atom stereocenters. The maximum Gasteiger partial charge on any atom is 0.334 e. The molecule has 2 rings (SSSR count). The monoisotopic (exact) mass is 166 g/mol. The van der Waals surface area contributed by atoms with E-state index in [0.29, 0.717) is 5.92 Å². The highest BCUT2D eigenvalue weighted by Gasteiger charge is 2.37. The van der Waals surface area contributed by atoms with Crippen molar-refractivity contribution >= 4 is 5.97 Å². The summed E-state index contributed by atoms with van der Waals surface area (Å²) >= 11 is 0. The number of hydrogen-bond donors (Lipinski definition) is 0. The summed E-state index contributed by atoms with van der Waals surface area (Å²) in [5.41, 5.74) is 2.24. The lowest BCUT2D eigenvalue weighted by Crippen LogP contribution is -2.08. The molecule has 1 saturated carbocycles. The Hall–Kier alpha value is -0.790. The van der Waals surface area contributed by atoms with Crippen LogP contribution in [0, 0.1) is 5.92 Å². The Bertz CT molecular complexity index is 251. The van der Waals surface area contributed by atoms with Crippen LogP contribution in [0.4, 0.5) is 0 Å². The van der Waals surface area contributed by atoms with Crippen molar-refractivity contribution in [3.05, 3.63) is 11.1 Å². The van der Waals surface area contributed by atoms with Gasteiger partial charge in [0.05, 0.1) is 0 Å². The second-order valence-corrected chi connectivity index (χ2v) is 3.88. The number of fused-ring (bicyclic) bond motifs is 1. The first kappa shape index (κ1) is 7.84. The lowest BCUT2D eigenvalue weighted by atomic mass is 9.98. The maximum absolute atomic E-state index is 11.3. The van der Waals surface area contributed by atoms with E-state index in [9.17, 15) is 4.79 Å². The summed E-state index contributed by atoms with van der Waals surface area (Å²) in [4.78, 5) is 11.3. The lowest BCUT2D eigenvalue weighted by Gasteiger charge is -2.03. The van der Waals surface area contributed by atoms with Gasteiger partial charge in [-0.15, -0.1) is 0 Å². The molecule has 1 fully saturated rings. The van der Waals surface area contributed by atoms with Crippen LogP contribution in [0.3, 0.4) is 0 Å². The van der Waals surface area contributed by atoms with E-state index in [1.54, 1.807) is 0 Å². The third-order valence-electron chi connectivity index (χ3n) is 2.69. The second-order valence-electron chi connectivity index (χ2n) is 3.88. The first-order valence-electron chi connectivity index (χ1n) is 4.64. The lowest BCUT2D eigenvalue weighted by molar-refractivity contribution is -0.140. The average molecular weight is 166 g/mol. The van der Waals surface area contributed by atoms with Gasteiger partial charge in [-0.2, -0.15) is 0 Å². The van der Waals surface area contributed by atoms with Gasteiger partial charge in [0.25, 0.3) is 0 Å². The molecule has 1 aliphatic carbocycles. The Kier molecular flexibility index (Phi) is 1.71. The highest BCUT2D eigenvalue weighted by atomic mass is 16.5. The Morgan fingerprint density at radius 1 is 1.50 bits per heavy atom. The summed E-state index contributed by atoms with van der Waals surface area (Å²) < 4.78 is 5.25. The van der Waals surface area contributed by atoms with Gasteiger partial charge in [0.15, 0.2) is 0 Å². The van der Waals surface area contributed by atoms with Crippen LogP contribution in [0.25, 0.3) is 0 Å². The van der Waals surface area contributed by atoms with Crippen LogP contribution in [0.2, 0.25) is 0 Å². The van der Waals surface area contributed by atoms with Crippen LogP contribution in [0.15, 0.2) is 11.1 Å². The number of carbonyl (C=O) groups is 1. The molecular weight excluding hydrogens is 152 g/mol. The summed E-state index contributed by atoms with van der Waals surface area (Å²) in [7, 11) is 0. The van der Waals surface area contributed by atoms with E-state index in [0.717, 1.165) is 18.4 Å². The summed E-state index contributed by atoms with van der Waals surface area (Å²) in [5, 5.41) is 0. The van der Waals surface area contributed by atoms with Crippen molar-refractivity contribution in [3.8, 4) is 0 Å². The number of carbonyl (C=O) groups excluding carboxylic acids is 1.